The second kappa shape index (κ2) is 6.04. The maximum Gasteiger partial charge on any atom is 0.107 e. The lowest BCUT2D eigenvalue weighted by Gasteiger charge is -2.44. The van der Waals surface area contributed by atoms with E-state index in [0.717, 1.165) is 5.56 Å². The minimum absolute atomic E-state index is 0.0987. The molecule has 0 amide bonds. The summed E-state index contributed by atoms with van der Waals surface area (Å²) in [5.41, 5.74) is 1.09. The van der Waals surface area contributed by atoms with E-state index in [1.165, 1.54) is 0 Å². The Morgan fingerprint density at radius 1 is 0.895 bits per heavy atom. The van der Waals surface area contributed by atoms with E-state index in [1.54, 1.807) is 0 Å². The molecule has 0 aromatic heterocycles. The lowest BCUT2D eigenvalue weighted by Crippen LogP contribution is -2.54. The van der Waals surface area contributed by atoms with Gasteiger partial charge in [0.25, 0.3) is 0 Å². The largest absolute Gasteiger partial charge is 0.390 e. The zero-order valence-electron chi connectivity index (χ0n) is 11.9. The van der Waals surface area contributed by atoms with Crippen LogP contribution in [-0.4, -0.2) is 28.5 Å². The molecule has 2 N–H and O–H groups in total. The van der Waals surface area contributed by atoms with Gasteiger partial charge < -0.3 is 14.9 Å². The van der Waals surface area contributed by atoms with Gasteiger partial charge in [0.1, 0.15) is 6.10 Å². The Hall–Kier alpha value is -0.900. The molecular weight excluding hydrogens is 240 g/mol. The summed E-state index contributed by atoms with van der Waals surface area (Å²) in [6, 6.07) is 9.91. The van der Waals surface area contributed by atoms with E-state index in [1.807, 2.05) is 37.3 Å². The predicted molar refractivity (Wildman–Crippen MR) is 74.5 cm³/mol. The number of aliphatic hydroxyl groups excluding tert-OH is 2. The van der Waals surface area contributed by atoms with Gasteiger partial charge in [-0.3, -0.25) is 0 Å². The minimum atomic E-state index is -0.801. The third-order valence-electron chi connectivity index (χ3n) is 4.69. The predicted octanol–water partition coefficient (Wildman–Crippen LogP) is 2.22. The Morgan fingerprint density at radius 3 is 2.16 bits per heavy atom. The van der Waals surface area contributed by atoms with Crippen LogP contribution in [0.4, 0.5) is 0 Å². The first-order valence-corrected chi connectivity index (χ1v) is 7.04. The fourth-order valence-electron chi connectivity index (χ4n) is 2.92. The molecule has 2 rings (SSSR count). The van der Waals surface area contributed by atoms with Crippen LogP contribution in [0.1, 0.15) is 26.3 Å². The average Bonchev–Trinajstić information content (AvgIpc) is 2.44. The summed E-state index contributed by atoms with van der Waals surface area (Å²) < 4.78 is 5.87. The number of hydrogen-bond donors (Lipinski definition) is 2. The van der Waals surface area contributed by atoms with Gasteiger partial charge in [-0.05, 0) is 23.3 Å². The van der Waals surface area contributed by atoms with Crippen LogP contribution in [-0.2, 0) is 11.3 Å². The van der Waals surface area contributed by atoms with Crippen LogP contribution in [0.2, 0.25) is 0 Å². The Labute approximate surface area is 115 Å². The topological polar surface area (TPSA) is 49.7 Å². The lowest BCUT2D eigenvalue weighted by molar-refractivity contribution is -0.173. The maximum absolute atomic E-state index is 10.2. The van der Waals surface area contributed by atoms with Crippen LogP contribution < -0.4 is 0 Å². The number of hydrogen-bond acceptors (Lipinski definition) is 3. The molecule has 0 aliphatic heterocycles. The number of ether oxygens (including phenoxy) is 1. The van der Waals surface area contributed by atoms with Crippen molar-refractivity contribution in [1.29, 1.82) is 0 Å². The number of benzene rings is 1. The van der Waals surface area contributed by atoms with Crippen molar-refractivity contribution in [2.75, 3.05) is 0 Å². The summed E-state index contributed by atoms with van der Waals surface area (Å²) in [5, 5.41) is 20.3. The molecule has 0 radical (unpaired) electrons. The highest BCUT2D eigenvalue weighted by Gasteiger charge is 2.44. The molecule has 1 aliphatic carbocycles. The van der Waals surface area contributed by atoms with Gasteiger partial charge in [0.15, 0.2) is 0 Å². The fourth-order valence-corrected chi connectivity index (χ4v) is 2.92. The SMILES string of the molecule is CC1C(C)C(O)C(O)C(OCc2ccccc2)C1C. The molecule has 1 saturated carbocycles. The van der Waals surface area contributed by atoms with E-state index < -0.39 is 12.2 Å². The molecule has 1 fully saturated rings. The fraction of sp³-hybridized carbons (Fsp3) is 0.625. The minimum Gasteiger partial charge on any atom is -0.390 e. The van der Waals surface area contributed by atoms with Crippen molar-refractivity contribution in [2.45, 2.75) is 45.7 Å². The van der Waals surface area contributed by atoms with Crippen LogP contribution in [0.25, 0.3) is 0 Å². The monoisotopic (exact) mass is 264 g/mol. The second-order valence-electron chi connectivity index (χ2n) is 5.82. The molecule has 6 unspecified atom stereocenters. The molecule has 1 aromatic carbocycles. The van der Waals surface area contributed by atoms with Crippen LogP contribution in [0.5, 0.6) is 0 Å². The molecule has 0 bridgehead atoms. The molecular formula is C16H24O3. The standard InChI is InChI=1S/C16H24O3/c1-10-11(2)14(17)15(18)16(12(10)3)19-9-13-7-5-4-6-8-13/h4-8,10-12,14-18H,9H2,1-3H3. The van der Waals surface area contributed by atoms with Gasteiger partial charge in [0.2, 0.25) is 0 Å². The van der Waals surface area contributed by atoms with Crippen LogP contribution >= 0.6 is 0 Å². The van der Waals surface area contributed by atoms with E-state index in [0.29, 0.717) is 12.5 Å². The smallest absolute Gasteiger partial charge is 0.107 e. The first-order valence-electron chi connectivity index (χ1n) is 7.04. The Kier molecular flexibility index (Phi) is 4.61. The summed E-state index contributed by atoms with van der Waals surface area (Å²) in [6.07, 6.45) is -1.81. The molecule has 19 heavy (non-hydrogen) atoms. The van der Waals surface area contributed by atoms with Gasteiger partial charge in [0.05, 0.1) is 18.8 Å². The van der Waals surface area contributed by atoms with E-state index in [-0.39, 0.29) is 17.9 Å². The zero-order chi connectivity index (χ0) is 14.0. The Morgan fingerprint density at radius 2 is 1.53 bits per heavy atom. The van der Waals surface area contributed by atoms with Gasteiger partial charge >= 0.3 is 0 Å². The van der Waals surface area contributed by atoms with Gasteiger partial charge in [-0.25, -0.2) is 0 Å². The first-order chi connectivity index (χ1) is 9.02. The molecule has 106 valence electrons. The summed E-state index contributed by atoms with van der Waals surface area (Å²) in [4.78, 5) is 0. The molecule has 1 aliphatic rings. The highest BCUT2D eigenvalue weighted by Crippen LogP contribution is 2.36. The highest BCUT2D eigenvalue weighted by molar-refractivity contribution is 5.13. The molecule has 0 heterocycles. The molecule has 0 spiro atoms. The molecule has 6 atom stereocenters. The Balaban J connectivity index is 2.02. The van der Waals surface area contributed by atoms with Gasteiger partial charge in [-0.2, -0.15) is 0 Å². The maximum atomic E-state index is 10.2. The van der Waals surface area contributed by atoms with Gasteiger partial charge in [0, 0.05) is 0 Å². The normalized spacial score (nSPS) is 39.2. The van der Waals surface area contributed by atoms with E-state index >= 15 is 0 Å². The first kappa shape index (κ1) is 14.5. The average molecular weight is 264 g/mol. The molecule has 3 nitrogen and oxygen atoms in total. The number of rotatable bonds is 3. The van der Waals surface area contributed by atoms with Gasteiger partial charge in [-0.1, -0.05) is 51.1 Å². The van der Waals surface area contributed by atoms with E-state index in [4.69, 9.17) is 4.74 Å². The van der Waals surface area contributed by atoms with E-state index in [9.17, 15) is 10.2 Å². The van der Waals surface area contributed by atoms with Crippen molar-refractivity contribution in [2.24, 2.45) is 17.8 Å². The molecule has 3 heteroatoms. The van der Waals surface area contributed by atoms with E-state index in [2.05, 4.69) is 13.8 Å². The zero-order valence-corrected chi connectivity index (χ0v) is 11.9. The summed E-state index contributed by atoms with van der Waals surface area (Å²) in [7, 11) is 0. The van der Waals surface area contributed by atoms with Crippen LogP contribution in [0.15, 0.2) is 30.3 Å². The van der Waals surface area contributed by atoms with Crippen molar-refractivity contribution >= 4 is 0 Å². The number of aliphatic hydroxyl groups is 2. The summed E-state index contributed by atoms with van der Waals surface area (Å²) >= 11 is 0. The third-order valence-corrected chi connectivity index (χ3v) is 4.69. The van der Waals surface area contributed by atoms with Crippen molar-refractivity contribution in [3.63, 3.8) is 0 Å². The van der Waals surface area contributed by atoms with Crippen molar-refractivity contribution in [3.05, 3.63) is 35.9 Å². The van der Waals surface area contributed by atoms with Gasteiger partial charge in [-0.15, -0.1) is 0 Å². The van der Waals surface area contributed by atoms with Crippen molar-refractivity contribution in [3.8, 4) is 0 Å². The Bertz CT molecular complexity index is 376. The quantitative estimate of drug-likeness (QED) is 0.880. The van der Waals surface area contributed by atoms with Crippen molar-refractivity contribution in [1.82, 2.24) is 0 Å². The second-order valence-corrected chi connectivity index (χ2v) is 5.82. The highest BCUT2D eigenvalue weighted by atomic mass is 16.5. The summed E-state index contributed by atoms with van der Waals surface area (Å²) in [6.45, 7) is 6.67. The third kappa shape index (κ3) is 2.99. The lowest BCUT2D eigenvalue weighted by atomic mass is 9.70. The van der Waals surface area contributed by atoms with Crippen LogP contribution in [0, 0.1) is 17.8 Å². The van der Waals surface area contributed by atoms with Crippen LogP contribution in [0.3, 0.4) is 0 Å². The molecule has 1 aromatic rings. The summed E-state index contributed by atoms with van der Waals surface area (Å²) in [5.74, 6) is 0.665. The molecule has 0 saturated heterocycles. The van der Waals surface area contributed by atoms with Crippen molar-refractivity contribution < 1.29 is 14.9 Å².